The van der Waals surface area contributed by atoms with Crippen LogP contribution in [0.1, 0.15) is 11.7 Å². The van der Waals surface area contributed by atoms with Crippen LogP contribution in [0.5, 0.6) is 0 Å². The second-order valence-corrected chi connectivity index (χ2v) is 3.26. The molecule has 0 saturated heterocycles. The first-order valence-corrected chi connectivity index (χ1v) is 4.46. The number of nitrogens with two attached hydrogens (primary N) is 1. The van der Waals surface area contributed by atoms with E-state index in [2.05, 4.69) is 10.1 Å². The number of carboxylic acid groups (broad SMARTS) is 1. The van der Waals surface area contributed by atoms with Gasteiger partial charge in [0.05, 0.1) is 0 Å². The topological polar surface area (TPSA) is 93.5 Å². The molecule has 0 radical (unpaired) electrons. The van der Waals surface area contributed by atoms with E-state index in [0.717, 1.165) is 0 Å². The van der Waals surface area contributed by atoms with Crippen molar-refractivity contribution in [3.63, 3.8) is 0 Å². The van der Waals surface area contributed by atoms with Crippen LogP contribution < -0.4 is 5.73 Å². The lowest BCUT2D eigenvalue weighted by molar-refractivity contribution is -0.138. The molecular formula is C8H7ClN4O2. The zero-order valence-electron chi connectivity index (χ0n) is 7.46. The van der Waals surface area contributed by atoms with E-state index in [4.69, 9.17) is 22.4 Å². The number of nitrogens with zero attached hydrogens (tertiary/aromatic N) is 3. The van der Waals surface area contributed by atoms with E-state index in [1.54, 1.807) is 12.1 Å². The Balaban J connectivity index is 2.63. The lowest BCUT2D eigenvalue weighted by atomic mass is 10.2. The molecule has 6 nitrogen and oxygen atoms in total. The van der Waals surface area contributed by atoms with E-state index in [0.29, 0.717) is 5.65 Å². The molecule has 0 spiro atoms. The van der Waals surface area contributed by atoms with Crippen LogP contribution in [-0.2, 0) is 4.79 Å². The molecule has 0 aromatic carbocycles. The minimum absolute atomic E-state index is 0.114. The van der Waals surface area contributed by atoms with E-state index in [1.165, 1.54) is 10.7 Å². The lowest BCUT2D eigenvalue weighted by Gasteiger charge is -2.01. The molecule has 0 aliphatic heterocycles. The number of hydrogen-bond acceptors (Lipinski definition) is 4. The molecule has 2 aromatic rings. The largest absolute Gasteiger partial charge is 0.480 e. The van der Waals surface area contributed by atoms with Gasteiger partial charge in [-0.25, -0.2) is 9.50 Å². The first-order valence-electron chi connectivity index (χ1n) is 4.09. The highest BCUT2D eigenvalue weighted by molar-refractivity contribution is 6.30. The van der Waals surface area contributed by atoms with Crippen LogP contribution in [0.25, 0.3) is 5.65 Å². The van der Waals surface area contributed by atoms with E-state index in [9.17, 15) is 4.79 Å². The van der Waals surface area contributed by atoms with Gasteiger partial charge in [0.1, 0.15) is 11.7 Å². The van der Waals surface area contributed by atoms with Crippen molar-refractivity contribution < 1.29 is 9.90 Å². The van der Waals surface area contributed by atoms with Crippen LogP contribution >= 0.6 is 11.6 Å². The second kappa shape index (κ2) is 3.48. The Morgan fingerprint density at radius 3 is 3.00 bits per heavy atom. The number of imidazole rings is 1. The minimum atomic E-state index is -1.24. The third-order valence-electron chi connectivity index (χ3n) is 1.92. The van der Waals surface area contributed by atoms with Crippen molar-refractivity contribution in [1.29, 1.82) is 0 Å². The maximum atomic E-state index is 10.7. The minimum Gasteiger partial charge on any atom is -0.480 e. The fourth-order valence-electron chi connectivity index (χ4n) is 1.19. The van der Waals surface area contributed by atoms with Gasteiger partial charge in [0.2, 0.25) is 0 Å². The normalized spacial score (nSPS) is 12.9. The highest BCUT2D eigenvalue weighted by atomic mass is 35.5. The van der Waals surface area contributed by atoms with Crippen LogP contribution in [0.3, 0.4) is 0 Å². The van der Waals surface area contributed by atoms with Crippen molar-refractivity contribution in [3.8, 4) is 0 Å². The molecule has 2 aromatic heterocycles. The number of halogens is 1. The molecule has 0 amide bonds. The van der Waals surface area contributed by atoms with Crippen molar-refractivity contribution >= 4 is 23.2 Å². The lowest BCUT2D eigenvalue weighted by Crippen LogP contribution is -2.21. The maximum absolute atomic E-state index is 10.7. The second-order valence-electron chi connectivity index (χ2n) is 2.90. The highest BCUT2D eigenvalue weighted by Gasteiger charge is 2.22. The summed E-state index contributed by atoms with van der Waals surface area (Å²) < 4.78 is 1.33. The first kappa shape index (κ1) is 9.88. The van der Waals surface area contributed by atoms with Crippen LogP contribution in [0.2, 0.25) is 5.15 Å². The Labute approximate surface area is 89.3 Å². The zero-order chi connectivity index (χ0) is 11.0. The summed E-state index contributed by atoms with van der Waals surface area (Å²) in [7, 11) is 0. The Morgan fingerprint density at radius 1 is 1.67 bits per heavy atom. The Morgan fingerprint density at radius 2 is 2.40 bits per heavy atom. The van der Waals surface area contributed by atoms with Gasteiger partial charge < -0.3 is 10.8 Å². The third-order valence-corrected chi connectivity index (χ3v) is 2.28. The van der Waals surface area contributed by atoms with E-state index < -0.39 is 12.0 Å². The molecule has 7 heteroatoms. The van der Waals surface area contributed by atoms with Gasteiger partial charge in [-0.2, -0.15) is 5.10 Å². The van der Waals surface area contributed by atoms with Crippen molar-refractivity contribution in [3.05, 3.63) is 29.2 Å². The van der Waals surface area contributed by atoms with Gasteiger partial charge >= 0.3 is 5.97 Å². The molecule has 15 heavy (non-hydrogen) atoms. The number of fused-ring (bicyclic) bond motifs is 1. The molecule has 0 fully saturated rings. The van der Waals surface area contributed by atoms with Gasteiger partial charge in [-0.15, -0.1) is 0 Å². The molecule has 0 saturated carbocycles. The molecule has 0 aliphatic carbocycles. The molecule has 0 aliphatic rings. The fraction of sp³-hybridized carbons (Fsp3) is 0.125. The summed E-state index contributed by atoms with van der Waals surface area (Å²) in [6.45, 7) is 0. The number of aromatic nitrogens is 3. The number of aliphatic carboxylic acids is 1. The molecule has 2 rings (SSSR count). The standard InChI is InChI=1S/C8H7ClN4O2/c9-7-6(5(10)8(14)15)12-4-2-1-3-11-13(4)7/h1-3,5H,10H2,(H,14,15). The monoisotopic (exact) mass is 226 g/mol. The van der Waals surface area contributed by atoms with Crippen molar-refractivity contribution in [2.45, 2.75) is 6.04 Å². The van der Waals surface area contributed by atoms with Gasteiger partial charge in [-0.3, -0.25) is 4.79 Å². The van der Waals surface area contributed by atoms with E-state index in [-0.39, 0.29) is 10.8 Å². The van der Waals surface area contributed by atoms with Gasteiger partial charge in [-0.05, 0) is 12.1 Å². The molecular weight excluding hydrogens is 220 g/mol. The third kappa shape index (κ3) is 1.53. The van der Waals surface area contributed by atoms with E-state index >= 15 is 0 Å². The Bertz CT molecular complexity index is 524. The van der Waals surface area contributed by atoms with Crippen LogP contribution in [0.15, 0.2) is 18.3 Å². The van der Waals surface area contributed by atoms with Gasteiger partial charge in [-0.1, -0.05) is 11.6 Å². The predicted octanol–water partition coefficient (Wildman–Crippen LogP) is 0.467. The van der Waals surface area contributed by atoms with Crippen LogP contribution in [0, 0.1) is 0 Å². The highest BCUT2D eigenvalue weighted by Crippen LogP contribution is 2.21. The van der Waals surface area contributed by atoms with Gasteiger partial charge in [0, 0.05) is 6.20 Å². The summed E-state index contributed by atoms with van der Waals surface area (Å²) >= 11 is 5.89. The SMILES string of the molecule is NC(C(=O)O)c1nc2cccnn2c1Cl. The molecule has 2 heterocycles. The zero-order valence-corrected chi connectivity index (χ0v) is 8.22. The molecule has 3 N–H and O–H groups in total. The van der Waals surface area contributed by atoms with Gasteiger partial charge in [0.25, 0.3) is 0 Å². The van der Waals surface area contributed by atoms with Crippen molar-refractivity contribution in [2.75, 3.05) is 0 Å². The summed E-state index contributed by atoms with van der Waals surface area (Å²) in [5.74, 6) is -1.18. The molecule has 1 atom stereocenters. The van der Waals surface area contributed by atoms with Gasteiger partial charge in [0.15, 0.2) is 10.8 Å². The van der Waals surface area contributed by atoms with Crippen molar-refractivity contribution in [2.24, 2.45) is 5.73 Å². The molecule has 0 bridgehead atoms. The average Bonchev–Trinajstić information content (AvgIpc) is 2.56. The fourth-order valence-corrected chi connectivity index (χ4v) is 1.48. The number of carboxylic acids is 1. The Kier molecular flexibility index (Phi) is 2.29. The van der Waals surface area contributed by atoms with Crippen molar-refractivity contribution in [1.82, 2.24) is 14.6 Å². The number of carbonyl (C=O) groups is 1. The molecule has 1 unspecified atom stereocenters. The quantitative estimate of drug-likeness (QED) is 0.776. The van der Waals surface area contributed by atoms with Crippen LogP contribution in [0.4, 0.5) is 0 Å². The predicted molar refractivity (Wildman–Crippen MR) is 52.6 cm³/mol. The summed E-state index contributed by atoms with van der Waals surface area (Å²) in [4.78, 5) is 14.7. The summed E-state index contributed by atoms with van der Waals surface area (Å²) in [6.07, 6.45) is 1.52. The average molecular weight is 227 g/mol. The Hall–Kier alpha value is -1.66. The number of rotatable bonds is 2. The number of hydrogen-bond donors (Lipinski definition) is 2. The maximum Gasteiger partial charge on any atom is 0.326 e. The first-order chi connectivity index (χ1) is 7.11. The van der Waals surface area contributed by atoms with E-state index in [1.807, 2.05) is 0 Å². The summed E-state index contributed by atoms with van der Waals surface area (Å²) in [5.41, 5.74) is 6.00. The smallest absolute Gasteiger partial charge is 0.326 e. The van der Waals surface area contributed by atoms with Crippen LogP contribution in [-0.4, -0.2) is 25.7 Å². The summed E-state index contributed by atoms with van der Waals surface area (Å²) in [5, 5.41) is 12.8. The summed E-state index contributed by atoms with van der Waals surface area (Å²) in [6, 6.07) is 2.10. The molecule has 78 valence electrons.